The molecule has 5 heteroatoms. The monoisotopic (exact) mass is 224 g/mol. The van der Waals surface area contributed by atoms with Gasteiger partial charge in [0.1, 0.15) is 12.0 Å². The molecule has 1 aromatic rings. The SMILES string of the molecule is C[C@@H]1CN(Cc2cc(=O)c(O)co2)CCN1. The highest BCUT2D eigenvalue weighted by molar-refractivity contribution is 5.15. The maximum absolute atomic E-state index is 11.2. The van der Waals surface area contributed by atoms with E-state index in [-0.39, 0.29) is 11.2 Å². The molecule has 2 rings (SSSR count). The van der Waals surface area contributed by atoms with E-state index in [0.29, 0.717) is 18.3 Å². The second kappa shape index (κ2) is 4.67. The summed E-state index contributed by atoms with van der Waals surface area (Å²) < 4.78 is 5.16. The fourth-order valence-electron chi connectivity index (χ4n) is 1.90. The van der Waals surface area contributed by atoms with Gasteiger partial charge in [0.15, 0.2) is 5.75 Å². The number of hydrogen-bond acceptors (Lipinski definition) is 5. The lowest BCUT2D eigenvalue weighted by Crippen LogP contribution is -2.48. The molecule has 1 atom stereocenters. The summed E-state index contributed by atoms with van der Waals surface area (Å²) in [7, 11) is 0. The van der Waals surface area contributed by atoms with Crippen LogP contribution in [-0.4, -0.2) is 35.7 Å². The van der Waals surface area contributed by atoms with Crippen molar-refractivity contribution in [3.8, 4) is 5.75 Å². The Hall–Kier alpha value is -1.33. The van der Waals surface area contributed by atoms with Gasteiger partial charge in [-0.3, -0.25) is 9.69 Å². The van der Waals surface area contributed by atoms with Gasteiger partial charge < -0.3 is 14.8 Å². The number of piperazine rings is 1. The van der Waals surface area contributed by atoms with Gasteiger partial charge in [0, 0.05) is 31.7 Å². The molecule has 0 bridgehead atoms. The minimum absolute atomic E-state index is 0.336. The first-order valence-corrected chi connectivity index (χ1v) is 5.41. The van der Waals surface area contributed by atoms with Crippen LogP contribution in [0.25, 0.3) is 0 Å². The van der Waals surface area contributed by atoms with Crippen LogP contribution in [0, 0.1) is 0 Å². The standard InChI is InChI=1S/C11H16N2O3/c1-8-5-13(3-2-12-8)6-9-4-10(14)11(15)7-16-9/h4,7-8,12,15H,2-3,5-6H2,1H3/t8-/m1/s1. The molecule has 0 radical (unpaired) electrons. The number of nitrogens with zero attached hydrogens (tertiary/aromatic N) is 1. The Bertz CT molecular complexity index is 416. The van der Waals surface area contributed by atoms with E-state index in [0.717, 1.165) is 25.9 Å². The van der Waals surface area contributed by atoms with E-state index in [1.54, 1.807) is 0 Å². The molecule has 0 amide bonds. The van der Waals surface area contributed by atoms with Crippen LogP contribution in [0.1, 0.15) is 12.7 Å². The van der Waals surface area contributed by atoms with E-state index >= 15 is 0 Å². The third-order valence-electron chi connectivity index (χ3n) is 2.70. The van der Waals surface area contributed by atoms with Gasteiger partial charge in [-0.25, -0.2) is 0 Å². The van der Waals surface area contributed by atoms with Gasteiger partial charge >= 0.3 is 0 Å². The minimum atomic E-state index is -0.385. The Morgan fingerprint density at radius 2 is 2.50 bits per heavy atom. The van der Waals surface area contributed by atoms with Crippen LogP contribution in [0.15, 0.2) is 21.5 Å². The fraction of sp³-hybridized carbons (Fsp3) is 0.545. The third kappa shape index (κ3) is 2.62. The number of nitrogens with one attached hydrogen (secondary N) is 1. The van der Waals surface area contributed by atoms with Crippen molar-refractivity contribution < 1.29 is 9.52 Å². The van der Waals surface area contributed by atoms with Crippen molar-refractivity contribution in [3.63, 3.8) is 0 Å². The zero-order valence-corrected chi connectivity index (χ0v) is 9.27. The van der Waals surface area contributed by atoms with E-state index in [4.69, 9.17) is 9.52 Å². The van der Waals surface area contributed by atoms with Crippen LogP contribution in [-0.2, 0) is 6.54 Å². The lowest BCUT2D eigenvalue weighted by atomic mass is 10.2. The predicted octanol–water partition coefficient (Wildman–Crippen LogP) is 0.139. The van der Waals surface area contributed by atoms with Gasteiger partial charge in [0.05, 0.1) is 6.54 Å². The summed E-state index contributed by atoms with van der Waals surface area (Å²) in [5.41, 5.74) is -0.385. The molecule has 2 heterocycles. The number of hydrogen-bond donors (Lipinski definition) is 2. The fourth-order valence-corrected chi connectivity index (χ4v) is 1.90. The van der Waals surface area contributed by atoms with Crippen molar-refractivity contribution in [1.82, 2.24) is 10.2 Å². The lowest BCUT2D eigenvalue weighted by Gasteiger charge is -2.31. The number of rotatable bonds is 2. The molecule has 1 aromatic heterocycles. The molecule has 16 heavy (non-hydrogen) atoms. The summed E-state index contributed by atoms with van der Waals surface area (Å²) in [5.74, 6) is 0.259. The summed E-state index contributed by atoms with van der Waals surface area (Å²) in [6.45, 7) is 5.56. The molecular formula is C11H16N2O3. The Labute approximate surface area is 93.7 Å². The van der Waals surface area contributed by atoms with E-state index in [2.05, 4.69) is 17.1 Å². The zero-order valence-electron chi connectivity index (χ0n) is 9.27. The average molecular weight is 224 g/mol. The molecule has 0 aliphatic carbocycles. The highest BCUT2D eigenvalue weighted by Crippen LogP contribution is 2.08. The highest BCUT2D eigenvalue weighted by Gasteiger charge is 2.16. The van der Waals surface area contributed by atoms with Crippen molar-refractivity contribution >= 4 is 0 Å². The Morgan fingerprint density at radius 1 is 1.69 bits per heavy atom. The maximum atomic E-state index is 11.2. The van der Waals surface area contributed by atoms with Gasteiger partial charge in [-0.2, -0.15) is 0 Å². The van der Waals surface area contributed by atoms with Crippen LogP contribution in [0.5, 0.6) is 5.75 Å². The second-order valence-electron chi connectivity index (χ2n) is 4.19. The zero-order chi connectivity index (χ0) is 11.5. The normalized spacial score (nSPS) is 22.2. The van der Waals surface area contributed by atoms with Crippen LogP contribution in [0.2, 0.25) is 0 Å². The van der Waals surface area contributed by atoms with E-state index in [9.17, 15) is 4.79 Å². The van der Waals surface area contributed by atoms with Crippen molar-refractivity contribution in [2.24, 2.45) is 0 Å². The second-order valence-corrected chi connectivity index (χ2v) is 4.19. The molecule has 0 aromatic carbocycles. The Balaban J connectivity index is 2.03. The van der Waals surface area contributed by atoms with Gasteiger partial charge in [0.25, 0.3) is 0 Å². The van der Waals surface area contributed by atoms with Gasteiger partial charge in [0.2, 0.25) is 5.43 Å². The summed E-state index contributed by atoms with van der Waals surface area (Å²) in [6.07, 6.45) is 1.10. The number of aromatic hydroxyl groups is 1. The highest BCUT2D eigenvalue weighted by atomic mass is 16.4. The van der Waals surface area contributed by atoms with Crippen LogP contribution < -0.4 is 10.7 Å². The summed E-state index contributed by atoms with van der Waals surface area (Å²) in [4.78, 5) is 13.4. The largest absolute Gasteiger partial charge is 0.502 e. The molecule has 1 aliphatic heterocycles. The van der Waals surface area contributed by atoms with E-state index in [1.165, 1.54) is 6.07 Å². The Morgan fingerprint density at radius 3 is 3.19 bits per heavy atom. The minimum Gasteiger partial charge on any atom is -0.502 e. The quantitative estimate of drug-likeness (QED) is 0.748. The smallest absolute Gasteiger partial charge is 0.226 e. The first-order valence-electron chi connectivity index (χ1n) is 5.41. The first kappa shape index (κ1) is 11.2. The molecule has 1 saturated heterocycles. The van der Waals surface area contributed by atoms with Gasteiger partial charge in [-0.05, 0) is 6.92 Å². The third-order valence-corrected chi connectivity index (χ3v) is 2.70. The lowest BCUT2D eigenvalue weighted by molar-refractivity contribution is 0.184. The molecule has 0 spiro atoms. The van der Waals surface area contributed by atoms with E-state index < -0.39 is 0 Å². The first-order chi connectivity index (χ1) is 7.65. The van der Waals surface area contributed by atoms with Crippen molar-refractivity contribution in [2.75, 3.05) is 19.6 Å². The predicted molar refractivity (Wildman–Crippen MR) is 59.4 cm³/mol. The molecule has 1 fully saturated rings. The molecule has 5 nitrogen and oxygen atoms in total. The van der Waals surface area contributed by atoms with Crippen molar-refractivity contribution in [2.45, 2.75) is 19.5 Å². The van der Waals surface area contributed by atoms with Crippen LogP contribution in [0.4, 0.5) is 0 Å². The molecule has 88 valence electrons. The van der Waals surface area contributed by atoms with Gasteiger partial charge in [-0.15, -0.1) is 0 Å². The topological polar surface area (TPSA) is 65.7 Å². The summed E-state index contributed by atoms with van der Waals surface area (Å²) in [6, 6.07) is 1.81. The summed E-state index contributed by atoms with van der Waals surface area (Å²) in [5, 5.41) is 12.4. The van der Waals surface area contributed by atoms with Gasteiger partial charge in [-0.1, -0.05) is 0 Å². The summed E-state index contributed by atoms with van der Waals surface area (Å²) >= 11 is 0. The molecule has 0 unspecified atom stereocenters. The van der Waals surface area contributed by atoms with Crippen molar-refractivity contribution in [1.29, 1.82) is 0 Å². The maximum Gasteiger partial charge on any atom is 0.226 e. The molecule has 2 N–H and O–H groups in total. The van der Waals surface area contributed by atoms with E-state index in [1.807, 2.05) is 0 Å². The van der Waals surface area contributed by atoms with Crippen molar-refractivity contribution in [3.05, 3.63) is 28.3 Å². The van der Waals surface area contributed by atoms with Crippen LogP contribution >= 0.6 is 0 Å². The molecule has 0 saturated carbocycles. The average Bonchev–Trinajstić information content (AvgIpc) is 2.24. The molecule has 1 aliphatic rings. The van der Waals surface area contributed by atoms with Crippen LogP contribution in [0.3, 0.4) is 0 Å². The molecular weight excluding hydrogens is 208 g/mol. The Kier molecular flexibility index (Phi) is 3.26.